The maximum absolute atomic E-state index is 13.1. The highest BCUT2D eigenvalue weighted by Gasteiger charge is 2.08. The van der Waals surface area contributed by atoms with E-state index in [1.807, 2.05) is 0 Å². The van der Waals surface area contributed by atoms with Crippen molar-refractivity contribution >= 4 is 11.9 Å². The number of rotatable bonds is 26. The maximum Gasteiger partial charge on any atom is 0.311 e. The van der Waals surface area contributed by atoms with Gasteiger partial charge in [-0.3, -0.25) is 9.59 Å². The van der Waals surface area contributed by atoms with E-state index in [4.69, 9.17) is 9.47 Å². The highest BCUT2D eigenvalue weighted by Crippen LogP contribution is 2.17. The Labute approximate surface area is 236 Å². The summed E-state index contributed by atoms with van der Waals surface area (Å²) in [7, 11) is 0. The first-order valence-corrected chi connectivity index (χ1v) is 15.8. The number of carbonyl (C=O) groups excluding carboxylic acids is 2. The normalized spacial score (nSPS) is 11.1. The molecule has 0 spiro atoms. The number of hydrogen-bond donors (Lipinski definition) is 0. The molecule has 0 radical (unpaired) electrons. The molecule has 1 rings (SSSR count). The van der Waals surface area contributed by atoms with Crippen LogP contribution in [-0.2, 0) is 14.3 Å². The average molecular weight is 553 g/mol. The van der Waals surface area contributed by atoms with Crippen molar-refractivity contribution in [2.45, 2.75) is 155 Å². The van der Waals surface area contributed by atoms with Crippen LogP contribution in [0.4, 0.5) is 8.78 Å². The Morgan fingerprint density at radius 1 is 0.538 bits per heavy atom. The lowest BCUT2D eigenvalue weighted by Gasteiger charge is -2.06. The van der Waals surface area contributed by atoms with Crippen molar-refractivity contribution in [1.29, 1.82) is 0 Å². The van der Waals surface area contributed by atoms with Gasteiger partial charge in [0.05, 0.1) is 6.61 Å². The molecule has 0 fully saturated rings. The molecular weight excluding hydrogens is 498 g/mol. The molecule has 0 unspecified atom stereocenters. The SMILES string of the molecule is CCCCCCCCCCCCCCCCCOC(=O)CCCCCCCCC(=O)Oc1cc(F)cc(F)c1. The fourth-order valence-electron chi connectivity index (χ4n) is 4.75. The zero-order chi connectivity index (χ0) is 28.4. The van der Waals surface area contributed by atoms with Crippen LogP contribution in [0.5, 0.6) is 5.75 Å². The van der Waals surface area contributed by atoms with Gasteiger partial charge in [0.25, 0.3) is 0 Å². The van der Waals surface area contributed by atoms with E-state index in [9.17, 15) is 18.4 Å². The smallest absolute Gasteiger partial charge is 0.311 e. The van der Waals surface area contributed by atoms with Crippen molar-refractivity contribution in [1.82, 2.24) is 0 Å². The minimum atomic E-state index is -0.772. The molecule has 4 nitrogen and oxygen atoms in total. The molecule has 0 aliphatic rings. The maximum atomic E-state index is 13.1. The van der Waals surface area contributed by atoms with Gasteiger partial charge in [0.1, 0.15) is 17.4 Å². The number of benzene rings is 1. The Morgan fingerprint density at radius 3 is 1.38 bits per heavy atom. The summed E-state index contributed by atoms with van der Waals surface area (Å²) in [5.74, 6) is -2.24. The van der Waals surface area contributed by atoms with Gasteiger partial charge in [0.2, 0.25) is 0 Å². The van der Waals surface area contributed by atoms with Crippen LogP contribution >= 0.6 is 0 Å². The van der Waals surface area contributed by atoms with Crippen LogP contribution in [0.25, 0.3) is 0 Å². The molecule has 1 aromatic carbocycles. The van der Waals surface area contributed by atoms with Crippen molar-refractivity contribution in [3.8, 4) is 5.75 Å². The average Bonchev–Trinajstić information content (AvgIpc) is 2.89. The van der Waals surface area contributed by atoms with Crippen molar-refractivity contribution in [2.75, 3.05) is 6.61 Å². The van der Waals surface area contributed by atoms with E-state index in [0.29, 0.717) is 19.4 Å². The lowest BCUT2D eigenvalue weighted by molar-refractivity contribution is -0.144. The Bertz CT molecular complexity index is 733. The van der Waals surface area contributed by atoms with E-state index in [0.717, 1.165) is 63.1 Å². The van der Waals surface area contributed by atoms with E-state index >= 15 is 0 Å². The number of hydrogen-bond acceptors (Lipinski definition) is 4. The van der Waals surface area contributed by atoms with E-state index in [1.54, 1.807) is 0 Å². The lowest BCUT2D eigenvalue weighted by Crippen LogP contribution is -2.08. The number of carbonyl (C=O) groups is 2. The number of esters is 2. The molecule has 39 heavy (non-hydrogen) atoms. The predicted molar refractivity (Wildman–Crippen MR) is 155 cm³/mol. The molecule has 0 N–H and O–H groups in total. The molecule has 0 saturated carbocycles. The fourth-order valence-corrected chi connectivity index (χ4v) is 4.75. The second-order valence-corrected chi connectivity index (χ2v) is 10.9. The zero-order valence-electron chi connectivity index (χ0n) is 24.6. The Morgan fingerprint density at radius 2 is 0.923 bits per heavy atom. The number of halogens is 2. The summed E-state index contributed by atoms with van der Waals surface area (Å²) in [4.78, 5) is 23.7. The first-order valence-electron chi connectivity index (χ1n) is 15.8. The van der Waals surface area contributed by atoms with E-state index in [-0.39, 0.29) is 18.1 Å². The second kappa shape index (κ2) is 25.0. The summed E-state index contributed by atoms with van der Waals surface area (Å²) >= 11 is 0. The minimum Gasteiger partial charge on any atom is -0.466 e. The van der Waals surface area contributed by atoms with Crippen LogP contribution in [0.15, 0.2) is 18.2 Å². The first-order chi connectivity index (χ1) is 19.0. The Balaban J connectivity index is 1.79. The van der Waals surface area contributed by atoms with Gasteiger partial charge in [-0.25, -0.2) is 8.78 Å². The third-order valence-corrected chi connectivity index (χ3v) is 7.09. The van der Waals surface area contributed by atoms with Crippen LogP contribution in [0.3, 0.4) is 0 Å². The van der Waals surface area contributed by atoms with Crippen LogP contribution in [0.1, 0.15) is 155 Å². The summed E-state index contributed by atoms with van der Waals surface area (Å²) in [6, 6.07) is 2.72. The quantitative estimate of drug-likeness (QED) is 0.0651. The molecule has 1 aromatic rings. The minimum absolute atomic E-state index is 0.100. The monoisotopic (exact) mass is 552 g/mol. The molecular formula is C33H54F2O4. The molecule has 6 heteroatoms. The molecule has 0 atom stereocenters. The highest BCUT2D eigenvalue weighted by molar-refractivity contribution is 5.72. The largest absolute Gasteiger partial charge is 0.466 e. The van der Waals surface area contributed by atoms with Gasteiger partial charge in [0.15, 0.2) is 0 Å². The predicted octanol–water partition coefficient (Wildman–Crippen LogP) is 10.4. The molecule has 0 aromatic heterocycles. The summed E-state index contributed by atoms with van der Waals surface area (Å²) in [5.41, 5.74) is 0. The van der Waals surface area contributed by atoms with Gasteiger partial charge in [0, 0.05) is 31.0 Å². The third-order valence-electron chi connectivity index (χ3n) is 7.09. The van der Waals surface area contributed by atoms with Gasteiger partial charge < -0.3 is 9.47 Å². The molecule has 224 valence electrons. The van der Waals surface area contributed by atoms with E-state index in [2.05, 4.69) is 6.92 Å². The molecule has 0 aliphatic carbocycles. The van der Waals surface area contributed by atoms with Crippen molar-refractivity contribution in [3.05, 3.63) is 29.8 Å². The first kappa shape index (κ1) is 35.0. The van der Waals surface area contributed by atoms with Gasteiger partial charge in [-0.1, -0.05) is 122 Å². The standard InChI is InChI=1S/C33H54F2O4/c1-2-3-4-5-6-7-8-9-10-11-12-13-16-19-22-25-38-32(36)23-20-17-14-15-18-21-24-33(37)39-31-27-29(34)26-30(35)28-31/h26-28H,2-25H2,1H3. The van der Waals surface area contributed by atoms with Crippen LogP contribution < -0.4 is 4.74 Å². The van der Waals surface area contributed by atoms with Crippen molar-refractivity contribution in [2.24, 2.45) is 0 Å². The zero-order valence-corrected chi connectivity index (χ0v) is 24.6. The highest BCUT2D eigenvalue weighted by atomic mass is 19.1. The van der Waals surface area contributed by atoms with Crippen LogP contribution in [0, 0.1) is 11.6 Å². The summed E-state index contributed by atoms with van der Waals surface area (Å²) in [6.07, 6.45) is 25.8. The summed E-state index contributed by atoms with van der Waals surface area (Å²) in [5, 5.41) is 0. The second-order valence-electron chi connectivity index (χ2n) is 10.9. The van der Waals surface area contributed by atoms with Crippen molar-refractivity contribution < 1.29 is 27.8 Å². The topological polar surface area (TPSA) is 52.6 Å². The number of unbranched alkanes of at least 4 members (excludes halogenated alkanes) is 19. The van der Waals surface area contributed by atoms with Gasteiger partial charge in [-0.05, 0) is 19.3 Å². The van der Waals surface area contributed by atoms with Crippen molar-refractivity contribution in [3.63, 3.8) is 0 Å². The van der Waals surface area contributed by atoms with E-state index in [1.165, 1.54) is 83.5 Å². The third kappa shape index (κ3) is 22.5. The Hall–Kier alpha value is -1.98. The lowest BCUT2D eigenvalue weighted by atomic mass is 10.0. The van der Waals surface area contributed by atoms with Crippen LogP contribution in [-0.4, -0.2) is 18.5 Å². The fraction of sp³-hybridized carbons (Fsp3) is 0.758. The Kier molecular flexibility index (Phi) is 22.5. The van der Waals surface area contributed by atoms with Gasteiger partial charge >= 0.3 is 11.9 Å². The van der Waals surface area contributed by atoms with Gasteiger partial charge in [-0.15, -0.1) is 0 Å². The molecule has 0 amide bonds. The molecule has 0 heterocycles. The molecule has 0 aliphatic heterocycles. The van der Waals surface area contributed by atoms with Crippen LogP contribution in [0.2, 0.25) is 0 Å². The summed E-state index contributed by atoms with van der Waals surface area (Å²) < 4.78 is 36.6. The molecule has 0 saturated heterocycles. The molecule has 0 bridgehead atoms. The van der Waals surface area contributed by atoms with E-state index < -0.39 is 17.6 Å². The number of ether oxygens (including phenoxy) is 2. The summed E-state index contributed by atoms with van der Waals surface area (Å²) in [6.45, 7) is 2.81. The van der Waals surface area contributed by atoms with Gasteiger partial charge in [-0.2, -0.15) is 0 Å².